The molecule has 0 aliphatic heterocycles. The third kappa shape index (κ3) is 2.76. The zero-order valence-electron chi connectivity index (χ0n) is 10.9. The normalized spacial score (nSPS) is 29.4. The van der Waals surface area contributed by atoms with E-state index in [0.717, 1.165) is 18.8 Å². The van der Waals surface area contributed by atoms with E-state index in [4.69, 9.17) is 0 Å². The third-order valence-electron chi connectivity index (χ3n) is 4.57. The average molecular weight is 245 g/mol. The first kappa shape index (κ1) is 12.2. The summed E-state index contributed by atoms with van der Waals surface area (Å²) in [5.74, 6) is 0.819. The number of aliphatic hydroxyl groups is 1. The van der Waals surface area contributed by atoms with Crippen LogP contribution in [0.4, 0.5) is 0 Å². The highest BCUT2D eigenvalue weighted by atomic mass is 16.3. The number of hydrogen-bond acceptors (Lipinski definition) is 2. The summed E-state index contributed by atoms with van der Waals surface area (Å²) in [6.07, 6.45) is 7.40. The van der Waals surface area contributed by atoms with Crippen LogP contribution in [-0.2, 0) is 6.42 Å². The van der Waals surface area contributed by atoms with Crippen LogP contribution in [0.25, 0.3) is 0 Å². The lowest BCUT2D eigenvalue weighted by Crippen LogP contribution is -2.41. The summed E-state index contributed by atoms with van der Waals surface area (Å²) in [6.45, 7) is 0.312. The molecule has 2 nitrogen and oxygen atoms in total. The maximum Gasteiger partial charge on any atom is 0.0613 e. The van der Waals surface area contributed by atoms with E-state index >= 15 is 0 Å². The molecule has 0 spiro atoms. The Kier molecular flexibility index (Phi) is 3.40. The van der Waals surface area contributed by atoms with Crippen molar-refractivity contribution in [3.63, 3.8) is 0 Å². The molecule has 1 aromatic carbocycles. The average Bonchev–Trinajstić information content (AvgIpc) is 3.04. The topological polar surface area (TPSA) is 32.3 Å². The number of benzene rings is 1. The molecule has 0 radical (unpaired) electrons. The predicted molar refractivity (Wildman–Crippen MR) is 73.5 cm³/mol. The van der Waals surface area contributed by atoms with Gasteiger partial charge >= 0.3 is 0 Å². The molecule has 3 rings (SSSR count). The van der Waals surface area contributed by atoms with Gasteiger partial charge in [0.1, 0.15) is 0 Å². The first-order chi connectivity index (χ1) is 8.80. The number of aliphatic hydroxyl groups excluding tert-OH is 1. The molecule has 2 saturated carbocycles. The van der Waals surface area contributed by atoms with Gasteiger partial charge in [-0.2, -0.15) is 0 Å². The Morgan fingerprint density at radius 1 is 1.17 bits per heavy atom. The summed E-state index contributed by atoms with van der Waals surface area (Å²) in [7, 11) is 0. The van der Waals surface area contributed by atoms with E-state index in [1.165, 1.54) is 31.2 Å². The van der Waals surface area contributed by atoms with Crippen LogP contribution < -0.4 is 5.32 Å². The Morgan fingerprint density at radius 3 is 2.61 bits per heavy atom. The highest BCUT2D eigenvalue weighted by Crippen LogP contribution is 2.38. The smallest absolute Gasteiger partial charge is 0.0613 e. The van der Waals surface area contributed by atoms with Gasteiger partial charge in [0, 0.05) is 11.6 Å². The second kappa shape index (κ2) is 5.02. The van der Waals surface area contributed by atoms with Crippen molar-refractivity contribution in [2.75, 3.05) is 6.61 Å². The van der Waals surface area contributed by atoms with Gasteiger partial charge in [0.25, 0.3) is 0 Å². The number of nitrogens with one attached hydrogen (secondary N) is 1. The molecule has 0 saturated heterocycles. The molecule has 1 aromatic rings. The van der Waals surface area contributed by atoms with Crippen molar-refractivity contribution in [3.05, 3.63) is 35.9 Å². The SMILES string of the molecule is OCC1(N[C@@H]2CC[C@@H](Cc3ccccc3)C2)CC1. The summed E-state index contributed by atoms with van der Waals surface area (Å²) in [6, 6.07) is 11.4. The van der Waals surface area contributed by atoms with E-state index in [0.29, 0.717) is 12.6 Å². The Morgan fingerprint density at radius 2 is 1.94 bits per heavy atom. The van der Waals surface area contributed by atoms with Crippen molar-refractivity contribution in [2.24, 2.45) is 5.92 Å². The molecule has 2 aliphatic rings. The van der Waals surface area contributed by atoms with Gasteiger partial charge in [-0.1, -0.05) is 30.3 Å². The molecule has 18 heavy (non-hydrogen) atoms. The summed E-state index contributed by atoms with van der Waals surface area (Å²) >= 11 is 0. The molecule has 2 fully saturated rings. The fourth-order valence-electron chi connectivity index (χ4n) is 3.27. The molecule has 98 valence electrons. The minimum atomic E-state index is 0.103. The molecular weight excluding hydrogens is 222 g/mol. The molecule has 0 amide bonds. The molecule has 0 aromatic heterocycles. The van der Waals surface area contributed by atoms with Crippen LogP contribution in [-0.4, -0.2) is 23.3 Å². The molecular formula is C16H23NO. The molecule has 0 heterocycles. The van der Waals surface area contributed by atoms with Crippen molar-refractivity contribution >= 4 is 0 Å². The van der Waals surface area contributed by atoms with E-state index in [1.54, 1.807) is 0 Å². The molecule has 0 unspecified atom stereocenters. The van der Waals surface area contributed by atoms with Crippen LogP contribution in [0.3, 0.4) is 0 Å². The van der Waals surface area contributed by atoms with E-state index in [9.17, 15) is 5.11 Å². The lowest BCUT2D eigenvalue weighted by molar-refractivity contribution is 0.217. The second-order valence-corrected chi connectivity index (χ2v) is 6.15. The predicted octanol–water partition coefficient (Wildman–Crippen LogP) is 2.51. The standard InChI is InChI=1S/C16H23NO/c18-12-16(8-9-16)17-15-7-6-14(11-15)10-13-4-2-1-3-5-13/h1-5,14-15,17-18H,6-12H2/t14-,15+/m0/s1. The Bertz CT molecular complexity index is 385. The van der Waals surface area contributed by atoms with Gasteiger partial charge in [-0.05, 0) is 50.0 Å². The van der Waals surface area contributed by atoms with Crippen molar-refractivity contribution < 1.29 is 5.11 Å². The minimum absolute atomic E-state index is 0.103. The van der Waals surface area contributed by atoms with Gasteiger partial charge in [0.05, 0.1) is 6.61 Å². The largest absolute Gasteiger partial charge is 0.394 e. The highest BCUT2D eigenvalue weighted by Gasteiger charge is 2.44. The van der Waals surface area contributed by atoms with Crippen molar-refractivity contribution in [3.8, 4) is 0 Å². The fraction of sp³-hybridized carbons (Fsp3) is 0.625. The number of hydrogen-bond donors (Lipinski definition) is 2. The van der Waals surface area contributed by atoms with Crippen LogP contribution in [0.5, 0.6) is 0 Å². The van der Waals surface area contributed by atoms with E-state index in [1.807, 2.05) is 0 Å². The van der Waals surface area contributed by atoms with Gasteiger partial charge < -0.3 is 10.4 Å². The van der Waals surface area contributed by atoms with Crippen molar-refractivity contribution in [1.29, 1.82) is 0 Å². The molecule has 0 bridgehead atoms. The van der Waals surface area contributed by atoms with E-state index in [-0.39, 0.29) is 5.54 Å². The highest BCUT2D eigenvalue weighted by molar-refractivity contribution is 5.15. The minimum Gasteiger partial charge on any atom is -0.394 e. The van der Waals surface area contributed by atoms with Crippen LogP contribution >= 0.6 is 0 Å². The van der Waals surface area contributed by atoms with Crippen LogP contribution in [0.15, 0.2) is 30.3 Å². The van der Waals surface area contributed by atoms with Gasteiger partial charge in [-0.3, -0.25) is 0 Å². The maximum atomic E-state index is 9.36. The Hall–Kier alpha value is -0.860. The zero-order chi connectivity index (χ0) is 12.4. The molecule has 2 aliphatic carbocycles. The lowest BCUT2D eigenvalue weighted by Gasteiger charge is -2.20. The summed E-state index contributed by atoms with van der Waals surface area (Å²) < 4.78 is 0. The Balaban J connectivity index is 1.50. The number of rotatable bonds is 5. The zero-order valence-corrected chi connectivity index (χ0v) is 10.9. The Labute approximate surface area is 109 Å². The maximum absolute atomic E-state index is 9.36. The van der Waals surface area contributed by atoms with Gasteiger partial charge in [0.2, 0.25) is 0 Å². The summed E-state index contributed by atoms with van der Waals surface area (Å²) in [4.78, 5) is 0. The molecule has 2 atom stereocenters. The van der Waals surface area contributed by atoms with Crippen LogP contribution in [0, 0.1) is 5.92 Å². The van der Waals surface area contributed by atoms with Crippen LogP contribution in [0.2, 0.25) is 0 Å². The fourth-order valence-corrected chi connectivity index (χ4v) is 3.27. The van der Waals surface area contributed by atoms with E-state index < -0.39 is 0 Å². The molecule has 2 heteroatoms. The van der Waals surface area contributed by atoms with Crippen molar-refractivity contribution in [2.45, 2.75) is 50.1 Å². The quantitative estimate of drug-likeness (QED) is 0.835. The summed E-state index contributed by atoms with van der Waals surface area (Å²) in [5.41, 5.74) is 1.57. The van der Waals surface area contributed by atoms with Gasteiger partial charge in [-0.15, -0.1) is 0 Å². The first-order valence-electron chi connectivity index (χ1n) is 7.22. The second-order valence-electron chi connectivity index (χ2n) is 6.15. The lowest BCUT2D eigenvalue weighted by atomic mass is 9.98. The third-order valence-corrected chi connectivity index (χ3v) is 4.57. The van der Waals surface area contributed by atoms with E-state index in [2.05, 4.69) is 35.6 Å². The monoisotopic (exact) mass is 245 g/mol. The molecule has 2 N–H and O–H groups in total. The van der Waals surface area contributed by atoms with Gasteiger partial charge in [0.15, 0.2) is 0 Å². The van der Waals surface area contributed by atoms with Crippen molar-refractivity contribution in [1.82, 2.24) is 5.32 Å². The van der Waals surface area contributed by atoms with Gasteiger partial charge in [-0.25, -0.2) is 0 Å². The summed E-state index contributed by atoms with van der Waals surface area (Å²) in [5, 5.41) is 13.0. The first-order valence-corrected chi connectivity index (χ1v) is 7.22. The van der Waals surface area contributed by atoms with Crippen LogP contribution in [0.1, 0.15) is 37.7 Å².